The molecule has 0 heterocycles. The SMILES string of the molecule is CCC(c1cccc(N)c1Cl)c1cccc(N)c1Cl. The number of nitrogens with two attached hydrogens (primary N) is 2. The first kappa shape index (κ1) is 14.0. The van der Waals surface area contributed by atoms with E-state index in [1.165, 1.54) is 0 Å². The zero-order valence-electron chi connectivity index (χ0n) is 10.7. The lowest BCUT2D eigenvalue weighted by Crippen LogP contribution is -2.04. The van der Waals surface area contributed by atoms with E-state index in [9.17, 15) is 0 Å². The quantitative estimate of drug-likeness (QED) is 0.806. The number of anilines is 2. The molecule has 2 aromatic carbocycles. The average molecular weight is 295 g/mol. The minimum absolute atomic E-state index is 0.0898. The smallest absolute Gasteiger partial charge is 0.0673 e. The third-order valence-corrected chi connectivity index (χ3v) is 4.15. The van der Waals surface area contributed by atoms with Crippen molar-refractivity contribution in [2.24, 2.45) is 0 Å². The van der Waals surface area contributed by atoms with Gasteiger partial charge < -0.3 is 11.5 Å². The van der Waals surface area contributed by atoms with Crippen molar-refractivity contribution in [3.8, 4) is 0 Å². The van der Waals surface area contributed by atoms with Gasteiger partial charge in [-0.2, -0.15) is 0 Å². The Labute approximate surface area is 123 Å². The van der Waals surface area contributed by atoms with E-state index in [2.05, 4.69) is 6.92 Å². The zero-order valence-corrected chi connectivity index (χ0v) is 12.2. The molecule has 4 heteroatoms. The Balaban J connectivity index is 2.57. The molecule has 4 N–H and O–H groups in total. The standard InChI is InChI=1S/C15H16Cl2N2/c1-2-9(10-5-3-7-12(18)14(10)16)11-6-4-8-13(19)15(11)17/h3-9H,2,18-19H2,1H3. The summed E-state index contributed by atoms with van der Waals surface area (Å²) in [6, 6.07) is 11.3. The predicted molar refractivity (Wildman–Crippen MR) is 83.9 cm³/mol. The fourth-order valence-corrected chi connectivity index (χ4v) is 2.80. The van der Waals surface area contributed by atoms with Gasteiger partial charge in [-0.3, -0.25) is 0 Å². The average Bonchev–Trinajstić information content (AvgIpc) is 2.40. The molecule has 0 amide bonds. The lowest BCUT2D eigenvalue weighted by Gasteiger charge is -2.20. The van der Waals surface area contributed by atoms with E-state index in [0.717, 1.165) is 17.5 Å². The second-order valence-electron chi connectivity index (χ2n) is 4.46. The van der Waals surface area contributed by atoms with Gasteiger partial charge in [0.05, 0.1) is 21.4 Å². The number of hydrogen-bond acceptors (Lipinski definition) is 2. The maximum absolute atomic E-state index is 6.31. The topological polar surface area (TPSA) is 52.0 Å². The summed E-state index contributed by atoms with van der Waals surface area (Å²) in [6.07, 6.45) is 0.867. The minimum atomic E-state index is 0.0898. The number of rotatable bonds is 3. The van der Waals surface area contributed by atoms with Crippen molar-refractivity contribution < 1.29 is 0 Å². The van der Waals surface area contributed by atoms with Gasteiger partial charge in [0, 0.05) is 5.92 Å². The summed E-state index contributed by atoms with van der Waals surface area (Å²) in [5.41, 5.74) is 14.9. The van der Waals surface area contributed by atoms with E-state index < -0.39 is 0 Å². The molecule has 0 aliphatic heterocycles. The van der Waals surface area contributed by atoms with Crippen molar-refractivity contribution in [1.29, 1.82) is 0 Å². The van der Waals surface area contributed by atoms with Crippen molar-refractivity contribution in [2.75, 3.05) is 11.5 Å². The van der Waals surface area contributed by atoms with E-state index in [1.54, 1.807) is 12.1 Å². The van der Waals surface area contributed by atoms with Gasteiger partial charge in [-0.15, -0.1) is 0 Å². The molecular formula is C15H16Cl2N2. The first-order chi connectivity index (χ1) is 9.06. The highest BCUT2D eigenvalue weighted by atomic mass is 35.5. The Morgan fingerprint density at radius 3 is 1.68 bits per heavy atom. The van der Waals surface area contributed by atoms with E-state index in [4.69, 9.17) is 34.7 Å². The highest BCUT2D eigenvalue weighted by molar-refractivity contribution is 6.34. The molecule has 0 spiro atoms. The van der Waals surface area contributed by atoms with Gasteiger partial charge in [0.15, 0.2) is 0 Å². The molecule has 0 aromatic heterocycles. The molecule has 0 fully saturated rings. The molecule has 0 aliphatic carbocycles. The van der Waals surface area contributed by atoms with Crippen molar-refractivity contribution in [3.05, 3.63) is 57.6 Å². The van der Waals surface area contributed by atoms with Gasteiger partial charge in [-0.25, -0.2) is 0 Å². The summed E-state index contributed by atoms with van der Waals surface area (Å²) >= 11 is 12.6. The van der Waals surface area contributed by atoms with E-state index in [0.29, 0.717) is 21.4 Å². The van der Waals surface area contributed by atoms with Crippen LogP contribution in [-0.4, -0.2) is 0 Å². The van der Waals surface area contributed by atoms with Crippen LogP contribution in [0.25, 0.3) is 0 Å². The van der Waals surface area contributed by atoms with E-state index >= 15 is 0 Å². The molecule has 0 bridgehead atoms. The van der Waals surface area contributed by atoms with Gasteiger partial charge in [0.2, 0.25) is 0 Å². The zero-order chi connectivity index (χ0) is 14.0. The predicted octanol–water partition coefficient (Wildman–Crippen LogP) is 4.70. The number of nitrogen functional groups attached to an aromatic ring is 2. The molecule has 2 nitrogen and oxygen atoms in total. The molecule has 19 heavy (non-hydrogen) atoms. The lowest BCUT2D eigenvalue weighted by atomic mass is 9.88. The summed E-state index contributed by atoms with van der Waals surface area (Å²) < 4.78 is 0. The first-order valence-corrected chi connectivity index (χ1v) is 6.89. The highest BCUT2D eigenvalue weighted by Gasteiger charge is 2.19. The lowest BCUT2D eigenvalue weighted by molar-refractivity contribution is 0.778. The minimum Gasteiger partial charge on any atom is -0.398 e. The van der Waals surface area contributed by atoms with Crippen molar-refractivity contribution in [3.63, 3.8) is 0 Å². The third-order valence-electron chi connectivity index (χ3n) is 3.28. The van der Waals surface area contributed by atoms with Crippen LogP contribution in [0.3, 0.4) is 0 Å². The van der Waals surface area contributed by atoms with Crippen molar-refractivity contribution >= 4 is 34.6 Å². The Morgan fingerprint density at radius 2 is 1.32 bits per heavy atom. The second kappa shape index (κ2) is 5.72. The summed E-state index contributed by atoms with van der Waals surface area (Å²) in [5, 5.41) is 1.18. The van der Waals surface area contributed by atoms with Gasteiger partial charge in [0.25, 0.3) is 0 Å². The summed E-state index contributed by atoms with van der Waals surface area (Å²) in [6.45, 7) is 2.09. The number of halogens is 2. The monoisotopic (exact) mass is 294 g/mol. The molecule has 0 aliphatic rings. The molecule has 0 saturated heterocycles. The maximum atomic E-state index is 6.31. The normalized spacial score (nSPS) is 10.9. The Hall–Kier alpha value is -1.38. The molecular weight excluding hydrogens is 279 g/mol. The van der Waals surface area contributed by atoms with Crippen LogP contribution >= 0.6 is 23.2 Å². The molecule has 100 valence electrons. The van der Waals surface area contributed by atoms with E-state index in [-0.39, 0.29) is 5.92 Å². The van der Waals surface area contributed by atoms with Crippen LogP contribution < -0.4 is 11.5 Å². The number of hydrogen-bond donors (Lipinski definition) is 2. The maximum Gasteiger partial charge on any atom is 0.0673 e. The molecule has 0 saturated carbocycles. The molecule has 2 rings (SSSR count). The van der Waals surface area contributed by atoms with Crippen molar-refractivity contribution in [1.82, 2.24) is 0 Å². The Bertz CT molecular complexity index is 545. The summed E-state index contributed by atoms with van der Waals surface area (Å²) in [7, 11) is 0. The van der Waals surface area contributed by atoms with Crippen LogP contribution in [-0.2, 0) is 0 Å². The van der Waals surface area contributed by atoms with Crippen LogP contribution in [0.1, 0.15) is 30.4 Å². The Kier molecular flexibility index (Phi) is 4.23. The van der Waals surface area contributed by atoms with Crippen LogP contribution in [0.4, 0.5) is 11.4 Å². The summed E-state index contributed by atoms with van der Waals surface area (Å²) in [4.78, 5) is 0. The second-order valence-corrected chi connectivity index (χ2v) is 5.22. The number of benzene rings is 2. The van der Waals surface area contributed by atoms with Crippen LogP contribution in [0.15, 0.2) is 36.4 Å². The van der Waals surface area contributed by atoms with Crippen molar-refractivity contribution in [2.45, 2.75) is 19.3 Å². The first-order valence-electron chi connectivity index (χ1n) is 6.14. The van der Waals surface area contributed by atoms with Crippen LogP contribution in [0.5, 0.6) is 0 Å². The fourth-order valence-electron chi connectivity index (χ4n) is 2.28. The van der Waals surface area contributed by atoms with Crippen LogP contribution in [0.2, 0.25) is 10.0 Å². The molecule has 0 atom stereocenters. The molecule has 0 radical (unpaired) electrons. The van der Waals surface area contributed by atoms with Gasteiger partial charge in [-0.05, 0) is 29.7 Å². The van der Waals surface area contributed by atoms with E-state index in [1.807, 2.05) is 24.3 Å². The van der Waals surface area contributed by atoms with Crippen LogP contribution in [0, 0.1) is 0 Å². The summed E-state index contributed by atoms with van der Waals surface area (Å²) in [5.74, 6) is 0.0898. The highest BCUT2D eigenvalue weighted by Crippen LogP contribution is 2.39. The fraction of sp³-hybridized carbons (Fsp3) is 0.200. The Morgan fingerprint density at radius 1 is 0.895 bits per heavy atom. The van der Waals surface area contributed by atoms with Gasteiger partial charge in [0.1, 0.15) is 0 Å². The largest absolute Gasteiger partial charge is 0.398 e. The molecule has 0 unspecified atom stereocenters. The van der Waals surface area contributed by atoms with Gasteiger partial charge in [-0.1, -0.05) is 54.4 Å². The van der Waals surface area contributed by atoms with Gasteiger partial charge >= 0.3 is 0 Å². The molecule has 2 aromatic rings. The third kappa shape index (κ3) is 2.65.